The molecular formula is C20H17O5S-. The molecule has 0 bridgehead atoms. The van der Waals surface area contributed by atoms with Crippen LogP contribution in [0.3, 0.4) is 0 Å². The van der Waals surface area contributed by atoms with Crippen LogP contribution in [0.4, 0.5) is 0 Å². The summed E-state index contributed by atoms with van der Waals surface area (Å²) in [4.78, 5) is 0. The van der Waals surface area contributed by atoms with Gasteiger partial charge in [0.2, 0.25) is 10.4 Å². The van der Waals surface area contributed by atoms with Gasteiger partial charge in [0.05, 0.1) is 6.61 Å². The molecule has 0 aliphatic heterocycles. The van der Waals surface area contributed by atoms with Gasteiger partial charge in [-0.15, -0.1) is 0 Å². The predicted octanol–water partition coefficient (Wildman–Crippen LogP) is 3.88. The van der Waals surface area contributed by atoms with Gasteiger partial charge in [-0.2, -0.15) is 0 Å². The highest BCUT2D eigenvalue weighted by Gasteiger charge is 2.13. The van der Waals surface area contributed by atoms with Crippen LogP contribution in [-0.4, -0.2) is 26.2 Å². The average molecular weight is 369 g/mol. The Balaban J connectivity index is 1.97. The van der Waals surface area contributed by atoms with Crippen LogP contribution in [0.25, 0.3) is 22.3 Å². The van der Waals surface area contributed by atoms with Crippen molar-refractivity contribution in [1.29, 1.82) is 0 Å². The Kier molecular flexibility index (Phi) is 5.68. The fraction of sp³-hybridized carbons (Fsp3) is 0.100. The second kappa shape index (κ2) is 8.14. The lowest BCUT2D eigenvalue weighted by atomic mass is 9.97. The summed E-state index contributed by atoms with van der Waals surface area (Å²) >= 11 is 0. The van der Waals surface area contributed by atoms with Crippen LogP contribution < -0.4 is 4.74 Å². The Hall–Kier alpha value is -2.67. The minimum Gasteiger partial charge on any atom is -0.726 e. The van der Waals surface area contributed by atoms with E-state index in [1.807, 2.05) is 78.9 Å². The van der Waals surface area contributed by atoms with E-state index >= 15 is 0 Å². The SMILES string of the molecule is O=S(=O)([O-])OCCOc1c(-c2ccccc2)cccc1-c1ccccc1. The van der Waals surface area contributed by atoms with Gasteiger partial charge in [-0.25, -0.2) is 8.42 Å². The number of hydrogen-bond acceptors (Lipinski definition) is 5. The van der Waals surface area contributed by atoms with E-state index in [2.05, 4.69) is 4.18 Å². The summed E-state index contributed by atoms with van der Waals surface area (Å²) in [7, 11) is -4.73. The first-order valence-electron chi connectivity index (χ1n) is 8.01. The molecular weight excluding hydrogens is 352 g/mol. The highest BCUT2D eigenvalue weighted by molar-refractivity contribution is 7.80. The van der Waals surface area contributed by atoms with Crippen molar-refractivity contribution in [3.8, 4) is 28.0 Å². The van der Waals surface area contributed by atoms with Crippen molar-refractivity contribution in [2.45, 2.75) is 0 Å². The van der Waals surface area contributed by atoms with E-state index in [-0.39, 0.29) is 13.2 Å². The van der Waals surface area contributed by atoms with Crippen LogP contribution in [0.1, 0.15) is 0 Å². The highest BCUT2D eigenvalue weighted by atomic mass is 32.3. The molecule has 5 nitrogen and oxygen atoms in total. The largest absolute Gasteiger partial charge is 0.726 e. The fourth-order valence-corrected chi connectivity index (χ4v) is 2.93. The van der Waals surface area contributed by atoms with Crippen molar-refractivity contribution in [2.24, 2.45) is 0 Å². The van der Waals surface area contributed by atoms with Crippen LogP contribution in [0, 0.1) is 0 Å². The quantitative estimate of drug-likeness (QED) is 0.359. The molecule has 0 unspecified atom stereocenters. The number of benzene rings is 3. The molecule has 0 radical (unpaired) electrons. The van der Waals surface area contributed by atoms with Crippen molar-refractivity contribution in [3.05, 3.63) is 78.9 Å². The third kappa shape index (κ3) is 4.70. The van der Waals surface area contributed by atoms with Crippen LogP contribution in [0.5, 0.6) is 5.75 Å². The third-order valence-electron chi connectivity index (χ3n) is 3.74. The maximum Gasteiger partial charge on any atom is 0.217 e. The molecule has 3 aromatic carbocycles. The molecule has 0 amide bonds. The molecule has 0 N–H and O–H groups in total. The van der Waals surface area contributed by atoms with Crippen molar-refractivity contribution in [1.82, 2.24) is 0 Å². The topological polar surface area (TPSA) is 75.7 Å². The van der Waals surface area contributed by atoms with E-state index in [4.69, 9.17) is 4.74 Å². The fourth-order valence-electron chi connectivity index (χ4n) is 2.66. The second-order valence-corrected chi connectivity index (χ2v) is 6.55. The van der Waals surface area contributed by atoms with Gasteiger partial charge in [-0.3, -0.25) is 4.18 Å². The van der Waals surface area contributed by atoms with Gasteiger partial charge in [0.25, 0.3) is 0 Å². The molecule has 0 aliphatic rings. The van der Waals surface area contributed by atoms with Crippen LogP contribution >= 0.6 is 0 Å². The van der Waals surface area contributed by atoms with Crippen molar-refractivity contribution < 1.29 is 21.9 Å². The van der Waals surface area contributed by atoms with E-state index in [0.29, 0.717) is 5.75 Å². The molecule has 0 saturated heterocycles. The summed E-state index contributed by atoms with van der Waals surface area (Å²) < 4.78 is 41.8. The monoisotopic (exact) mass is 369 g/mol. The number of hydrogen-bond donors (Lipinski definition) is 0. The van der Waals surface area contributed by atoms with Gasteiger partial charge in [-0.05, 0) is 11.1 Å². The maximum absolute atomic E-state index is 10.6. The van der Waals surface area contributed by atoms with Crippen molar-refractivity contribution >= 4 is 10.4 Å². The Bertz CT molecular complexity index is 896. The first-order chi connectivity index (χ1) is 12.5. The predicted molar refractivity (Wildman–Crippen MR) is 98.5 cm³/mol. The molecule has 134 valence electrons. The zero-order valence-corrected chi connectivity index (χ0v) is 14.7. The highest BCUT2D eigenvalue weighted by Crippen LogP contribution is 2.38. The molecule has 0 saturated carbocycles. The minimum atomic E-state index is -4.73. The Morgan fingerprint density at radius 2 is 1.19 bits per heavy atom. The number of para-hydroxylation sites is 1. The standard InChI is InChI=1S/C20H18O5S/c21-26(22,23)25-15-14-24-20-18(16-8-3-1-4-9-16)12-7-13-19(20)17-10-5-2-6-11-17/h1-13H,14-15H2,(H,21,22,23)/p-1. The zero-order valence-electron chi connectivity index (χ0n) is 13.9. The van der Waals surface area contributed by atoms with Gasteiger partial charge >= 0.3 is 0 Å². The molecule has 0 aliphatic carbocycles. The zero-order chi connectivity index (χ0) is 18.4. The van der Waals surface area contributed by atoms with Crippen LogP contribution in [0.2, 0.25) is 0 Å². The lowest BCUT2D eigenvalue weighted by molar-refractivity contribution is 0.199. The maximum atomic E-state index is 10.6. The summed E-state index contributed by atoms with van der Waals surface area (Å²) in [6.45, 7) is -0.408. The Labute approximate surface area is 152 Å². The van der Waals surface area contributed by atoms with Gasteiger partial charge in [0.15, 0.2) is 0 Å². The van der Waals surface area contributed by atoms with E-state index in [1.165, 1.54) is 0 Å². The molecule has 0 heterocycles. The molecule has 6 heteroatoms. The van der Waals surface area contributed by atoms with Gasteiger partial charge in [0, 0.05) is 11.1 Å². The number of ether oxygens (including phenoxy) is 1. The lowest BCUT2D eigenvalue weighted by Crippen LogP contribution is -2.12. The van der Waals surface area contributed by atoms with Gasteiger partial charge in [0.1, 0.15) is 12.4 Å². The Morgan fingerprint density at radius 3 is 1.65 bits per heavy atom. The smallest absolute Gasteiger partial charge is 0.217 e. The molecule has 0 spiro atoms. The van der Waals surface area contributed by atoms with Gasteiger partial charge < -0.3 is 9.29 Å². The first kappa shape index (κ1) is 18.1. The van der Waals surface area contributed by atoms with Gasteiger partial charge in [-0.1, -0.05) is 78.9 Å². The van der Waals surface area contributed by atoms with Crippen LogP contribution in [0.15, 0.2) is 78.9 Å². The van der Waals surface area contributed by atoms with E-state index in [9.17, 15) is 13.0 Å². The molecule has 0 aromatic heterocycles. The van der Waals surface area contributed by atoms with E-state index in [1.54, 1.807) is 0 Å². The average Bonchev–Trinajstić information content (AvgIpc) is 2.66. The Morgan fingerprint density at radius 1 is 0.692 bits per heavy atom. The third-order valence-corrected chi connectivity index (χ3v) is 4.20. The van der Waals surface area contributed by atoms with Crippen LogP contribution in [-0.2, 0) is 14.6 Å². The van der Waals surface area contributed by atoms with E-state index < -0.39 is 10.4 Å². The summed E-state index contributed by atoms with van der Waals surface area (Å²) in [5, 5.41) is 0. The summed E-state index contributed by atoms with van der Waals surface area (Å²) in [6, 6.07) is 25.3. The lowest BCUT2D eigenvalue weighted by Gasteiger charge is -2.17. The summed E-state index contributed by atoms with van der Waals surface area (Å²) in [6.07, 6.45) is 0. The minimum absolute atomic E-state index is 0.0643. The molecule has 0 fully saturated rings. The first-order valence-corrected chi connectivity index (χ1v) is 9.35. The van der Waals surface area contributed by atoms with E-state index in [0.717, 1.165) is 22.3 Å². The van der Waals surface area contributed by atoms with Crippen molar-refractivity contribution in [2.75, 3.05) is 13.2 Å². The summed E-state index contributed by atoms with van der Waals surface area (Å²) in [5.74, 6) is 0.608. The second-order valence-electron chi connectivity index (χ2n) is 5.49. The molecule has 26 heavy (non-hydrogen) atoms. The molecule has 3 rings (SSSR count). The normalized spacial score (nSPS) is 11.3. The number of rotatable bonds is 7. The molecule has 3 aromatic rings. The van der Waals surface area contributed by atoms with Crippen molar-refractivity contribution in [3.63, 3.8) is 0 Å². The summed E-state index contributed by atoms with van der Waals surface area (Å²) in [5.41, 5.74) is 3.68. The molecule has 0 atom stereocenters.